The summed E-state index contributed by atoms with van der Waals surface area (Å²) in [4.78, 5) is 0. The Balaban J connectivity index is 2.65. The average molecular weight is 283 g/mol. The first-order valence-electron chi connectivity index (χ1n) is 4.86. The lowest BCUT2D eigenvalue weighted by molar-refractivity contribution is 0.221. The summed E-state index contributed by atoms with van der Waals surface area (Å²) in [5.74, 6) is 0.586. The zero-order valence-electron chi connectivity index (χ0n) is 9.07. The van der Waals surface area contributed by atoms with E-state index in [0.717, 1.165) is 0 Å². The molecule has 0 amide bonds. The van der Waals surface area contributed by atoms with Crippen LogP contribution in [0, 0.1) is 0 Å². The Morgan fingerprint density at radius 2 is 1.69 bits per heavy atom. The van der Waals surface area contributed by atoms with Crippen LogP contribution in [0.4, 0.5) is 0 Å². The van der Waals surface area contributed by atoms with Gasteiger partial charge in [-0.1, -0.05) is 23.2 Å². The minimum Gasteiger partial charge on any atom is -0.427 e. The highest BCUT2D eigenvalue weighted by Crippen LogP contribution is 2.41. The van der Waals surface area contributed by atoms with E-state index in [4.69, 9.17) is 36.8 Å². The van der Waals surface area contributed by atoms with E-state index in [0.29, 0.717) is 29.0 Å². The Bertz CT molecular complexity index is 330. The van der Waals surface area contributed by atoms with Gasteiger partial charge < -0.3 is 13.6 Å². The summed E-state index contributed by atoms with van der Waals surface area (Å²) in [6.07, 6.45) is 0. The van der Waals surface area contributed by atoms with Crippen molar-refractivity contribution in [3.8, 4) is 5.75 Å². The first-order valence-corrected chi connectivity index (χ1v) is 6.71. The number of benzene rings is 1. The van der Waals surface area contributed by atoms with Crippen LogP contribution in [0.25, 0.3) is 0 Å². The zero-order chi connectivity index (χ0) is 12.0. The summed E-state index contributed by atoms with van der Waals surface area (Å²) in [6, 6.07) is 5.03. The molecule has 1 aromatic rings. The van der Waals surface area contributed by atoms with E-state index in [1.807, 2.05) is 13.8 Å². The Labute approximate surface area is 107 Å². The summed E-state index contributed by atoms with van der Waals surface area (Å²) in [5, 5.41) is 0.938. The van der Waals surface area contributed by atoms with Crippen LogP contribution in [0.2, 0.25) is 10.0 Å². The molecule has 1 aromatic carbocycles. The topological polar surface area (TPSA) is 27.7 Å². The van der Waals surface area contributed by atoms with E-state index in [1.54, 1.807) is 18.2 Å². The molecule has 1 rings (SSSR count). The Morgan fingerprint density at radius 1 is 1.06 bits per heavy atom. The van der Waals surface area contributed by atoms with Crippen LogP contribution in [0.3, 0.4) is 0 Å². The highest BCUT2D eigenvalue weighted by atomic mass is 35.5. The molecule has 0 aliphatic heterocycles. The van der Waals surface area contributed by atoms with E-state index in [9.17, 15) is 0 Å². The van der Waals surface area contributed by atoms with Gasteiger partial charge in [0.25, 0.3) is 0 Å². The van der Waals surface area contributed by atoms with Crippen LogP contribution in [0.1, 0.15) is 13.8 Å². The van der Waals surface area contributed by atoms with Crippen molar-refractivity contribution in [3.05, 3.63) is 28.2 Å². The van der Waals surface area contributed by atoms with Gasteiger partial charge in [-0.3, -0.25) is 0 Å². The lowest BCUT2D eigenvalue weighted by Crippen LogP contribution is -1.97. The van der Waals surface area contributed by atoms with Crippen LogP contribution in [-0.2, 0) is 9.05 Å². The van der Waals surface area contributed by atoms with Crippen molar-refractivity contribution < 1.29 is 13.6 Å². The first-order chi connectivity index (χ1) is 7.67. The number of hydrogen-bond acceptors (Lipinski definition) is 3. The molecule has 0 unspecified atom stereocenters. The minimum atomic E-state index is -1.36. The van der Waals surface area contributed by atoms with Crippen LogP contribution >= 0.6 is 31.8 Å². The fourth-order valence-electron chi connectivity index (χ4n) is 0.920. The molecule has 6 heteroatoms. The Kier molecular flexibility index (Phi) is 6.40. The third kappa shape index (κ3) is 4.44. The average Bonchev–Trinajstić information content (AvgIpc) is 2.24. The molecule has 90 valence electrons. The molecule has 0 saturated carbocycles. The quantitative estimate of drug-likeness (QED) is 0.710. The van der Waals surface area contributed by atoms with Crippen LogP contribution < -0.4 is 4.52 Å². The lowest BCUT2D eigenvalue weighted by Gasteiger charge is -2.15. The van der Waals surface area contributed by atoms with E-state index in [1.165, 1.54) is 0 Å². The van der Waals surface area contributed by atoms with Crippen molar-refractivity contribution in [1.82, 2.24) is 0 Å². The van der Waals surface area contributed by atoms with Crippen LogP contribution in [0.15, 0.2) is 18.2 Å². The van der Waals surface area contributed by atoms with Crippen LogP contribution in [0.5, 0.6) is 5.75 Å². The molecule has 0 spiro atoms. The van der Waals surface area contributed by atoms with E-state index in [-0.39, 0.29) is 0 Å². The highest BCUT2D eigenvalue weighted by molar-refractivity contribution is 7.42. The summed E-state index contributed by atoms with van der Waals surface area (Å²) >= 11 is 11.7. The van der Waals surface area contributed by atoms with Gasteiger partial charge in [-0.25, -0.2) is 0 Å². The summed E-state index contributed by atoms with van der Waals surface area (Å²) in [5.41, 5.74) is 0. The van der Waals surface area contributed by atoms with Gasteiger partial charge in [0.15, 0.2) is 0 Å². The molecule has 0 radical (unpaired) electrons. The maximum atomic E-state index is 5.87. The second-order valence-electron chi connectivity index (χ2n) is 2.73. The lowest BCUT2D eigenvalue weighted by atomic mass is 10.3. The SMILES string of the molecule is CCOP(OCC)Oc1ccc(Cl)c(Cl)c1. The molecule has 0 saturated heterocycles. The van der Waals surface area contributed by atoms with Gasteiger partial charge in [0.2, 0.25) is 0 Å². The van der Waals surface area contributed by atoms with Gasteiger partial charge in [0.1, 0.15) is 5.75 Å². The number of halogens is 2. The highest BCUT2D eigenvalue weighted by Gasteiger charge is 2.13. The molecule has 3 nitrogen and oxygen atoms in total. The van der Waals surface area contributed by atoms with Crippen molar-refractivity contribution in [2.75, 3.05) is 13.2 Å². The van der Waals surface area contributed by atoms with Crippen molar-refractivity contribution in [3.63, 3.8) is 0 Å². The van der Waals surface area contributed by atoms with Crippen LogP contribution in [-0.4, -0.2) is 13.2 Å². The fourth-order valence-corrected chi connectivity index (χ4v) is 2.10. The molecule has 0 heterocycles. The fraction of sp³-hybridized carbons (Fsp3) is 0.400. The molecule has 0 aliphatic carbocycles. The number of hydrogen-bond donors (Lipinski definition) is 0. The summed E-state index contributed by atoms with van der Waals surface area (Å²) < 4.78 is 16.1. The standard InChI is InChI=1S/C10H13Cl2O3P/c1-3-13-16(14-4-2)15-8-5-6-9(11)10(12)7-8/h5-7H,3-4H2,1-2H3. The smallest absolute Gasteiger partial charge is 0.397 e. The van der Waals surface area contributed by atoms with Crippen molar-refractivity contribution in [2.24, 2.45) is 0 Å². The van der Waals surface area contributed by atoms with Crippen molar-refractivity contribution >= 4 is 31.8 Å². The third-order valence-electron chi connectivity index (χ3n) is 1.54. The van der Waals surface area contributed by atoms with E-state index < -0.39 is 8.60 Å². The molecule has 0 fully saturated rings. The molecular formula is C10H13Cl2O3P. The van der Waals surface area contributed by atoms with Gasteiger partial charge >= 0.3 is 8.60 Å². The van der Waals surface area contributed by atoms with Crippen molar-refractivity contribution in [2.45, 2.75) is 13.8 Å². The molecule has 0 aromatic heterocycles. The van der Waals surface area contributed by atoms with E-state index >= 15 is 0 Å². The van der Waals surface area contributed by atoms with Gasteiger partial charge in [0, 0.05) is 6.07 Å². The maximum absolute atomic E-state index is 5.87. The second-order valence-corrected chi connectivity index (χ2v) is 4.69. The van der Waals surface area contributed by atoms with Gasteiger partial charge in [-0.2, -0.15) is 0 Å². The molecule has 0 atom stereocenters. The first kappa shape index (κ1) is 14.0. The summed E-state index contributed by atoms with van der Waals surface area (Å²) in [6.45, 7) is 4.83. The normalized spacial score (nSPS) is 10.8. The molecule has 0 N–H and O–H groups in total. The second kappa shape index (κ2) is 7.31. The zero-order valence-corrected chi connectivity index (χ0v) is 11.5. The van der Waals surface area contributed by atoms with Gasteiger partial charge in [-0.05, 0) is 26.0 Å². The molecule has 0 aliphatic rings. The monoisotopic (exact) mass is 282 g/mol. The maximum Gasteiger partial charge on any atom is 0.397 e. The van der Waals surface area contributed by atoms with E-state index in [2.05, 4.69) is 0 Å². The molecule has 0 bridgehead atoms. The Hall–Kier alpha value is -0.0500. The molecular weight excluding hydrogens is 270 g/mol. The number of rotatable bonds is 6. The predicted octanol–water partition coefficient (Wildman–Crippen LogP) is 4.67. The summed E-state index contributed by atoms with van der Waals surface area (Å²) in [7, 11) is -1.36. The van der Waals surface area contributed by atoms with Gasteiger partial charge in [0.05, 0.1) is 23.3 Å². The Morgan fingerprint density at radius 3 is 2.19 bits per heavy atom. The largest absolute Gasteiger partial charge is 0.427 e. The third-order valence-corrected chi connectivity index (χ3v) is 3.58. The predicted molar refractivity (Wildman–Crippen MR) is 67.3 cm³/mol. The minimum absolute atomic E-state index is 0.446. The van der Waals surface area contributed by atoms with Gasteiger partial charge in [-0.15, -0.1) is 0 Å². The molecule has 16 heavy (non-hydrogen) atoms. The van der Waals surface area contributed by atoms with Crippen molar-refractivity contribution in [1.29, 1.82) is 0 Å².